The van der Waals surface area contributed by atoms with Crippen LogP contribution in [0.4, 0.5) is 0 Å². The summed E-state index contributed by atoms with van der Waals surface area (Å²) in [5.74, 6) is -0.444. The van der Waals surface area contributed by atoms with Crippen LogP contribution in [0.25, 0.3) is 0 Å². The second-order valence-corrected chi connectivity index (χ2v) is 6.28. The van der Waals surface area contributed by atoms with Gasteiger partial charge in [0.05, 0.1) is 0 Å². The molecule has 1 saturated heterocycles. The zero-order valence-electron chi connectivity index (χ0n) is 13.7. The van der Waals surface area contributed by atoms with E-state index in [0.29, 0.717) is 11.1 Å². The molecule has 1 fully saturated rings. The molecule has 1 unspecified atom stereocenters. The van der Waals surface area contributed by atoms with Crippen LogP contribution in [0, 0.1) is 0 Å². The quantitative estimate of drug-likeness (QED) is 0.940. The Hall–Kier alpha value is -2.62. The van der Waals surface area contributed by atoms with Crippen molar-refractivity contribution in [2.45, 2.75) is 31.7 Å². The van der Waals surface area contributed by atoms with E-state index in [-0.39, 0.29) is 11.9 Å². The van der Waals surface area contributed by atoms with Gasteiger partial charge in [0.25, 0.3) is 5.91 Å². The summed E-state index contributed by atoms with van der Waals surface area (Å²) in [7, 11) is 0. The van der Waals surface area contributed by atoms with Crippen LogP contribution in [0.3, 0.4) is 0 Å². The molecule has 1 atom stereocenters. The predicted molar refractivity (Wildman–Crippen MR) is 93.8 cm³/mol. The number of piperidine rings is 1. The molecule has 2 N–H and O–H groups in total. The lowest BCUT2D eigenvalue weighted by atomic mass is 9.94. The number of benzene rings is 2. The lowest BCUT2D eigenvalue weighted by molar-refractivity contribution is 0.0613. The molecule has 0 aromatic heterocycles. The molecule has 124 valence electrons. The number of amides is 2. The highest BCUT2D eigenvalue weighted by Gasteiger charge is 2.27. The Morgan fingerprint density at radius 3 is 2.29 bits per heavy atom. The summed E-state index contributed by atoms with van der Waals surface area (Å²) in [4.78, 5) is 26.0. The molecular weight excluding hydrogens is 300 g/mol. The van der Waals surface area contributed by atoms with E-state index >= 15 is 0 Å². The Morgan fingerprint density at radius 1 is 0.958 bits per heavy atom. The third kappa shape index (κ3) is 3.65. The maximum absolute atomic E-state index is 12.9. The molecular formula is C20H22N2O2. The number of likely N-dealkylation sites (tertiary alicyclic amines) is 1. The van der Waals surface area contributed by atoms with Crippen LogP contribution >= 0.6 is 0 Å². The number of nitrogens with two attached hydrogens (primary N) is 1. The number of carbonyl (C=O) groups is 2. The van der Waals surface area contributed by atoms with Gasteiger partial charge in [-0.3, -0.25) is 9.59 Å². The summed E-state index contributed by atoms with van der Waals surface area (Å²) in [5, 5.41) is 0. The van der Waals surface area contributed by atoms with E-state index < -0.39 is 5.91 Å². The molecule has 0 bridgehead atoms. The minimum absolute atomic E-state index is 0.0339. The Morgan fingerprint density at radius 2 is 1.62 bits per heavy atom. The maximum Gasteiger partial charge on any atom is 0.254 e. The van der Waals surface area contributed by atoms with Gasteiger partial charge in [0.15, 0.2) is 0 Å². The van der Waals surface area contributed by atoms with Crippen molar-refractivity contribution in [3.8, 4) is 0 Å². The van der Waals surface area contributed by atoms with Gasteiger partial charge in [0.1, 0.15) is 0 Å². The summed E-state index contributed by atoms with van der Waals surface area (Å²) in [6, 6.07) is 17.1. The number of hydrogen-bond acceptors (Lipinski definition) is 2. The average Bonchev–Trinajstić information content (AvgIpc) is 2.62. The van der Waals surface area contributed by atoms with E-state index in [0.717, 1.165) is 32.2 Å². The van der Waals surface area contributed by atoms with Gasteiger partial charge in [-0.05, 0) is 55.5 Å². The lowest BCUT2D eigenvalue weighted by Gasteiger charge is -2.36. The van der Waals surface area contributed by atoms with Crippen LogP contribution in [-0.2, 0) is 6.42 Å². The van der Waals surface area contributed by atoms with Crippen molar-refractivity contribution in [3.63, 3.8) is 0 Å². The third-order valence-corrected chi connectivity index (χ3v) is 4.62. The zero-order chi connectivity index (χ0) is 16.9. The van der Waals surface area contributed by atoms with Gasteiger partial charge in [-0.15, -0.1) is 0 Å². The van der Waals surface area contributed by atoms with Crippen molar-refractivity contribution in [1.29, 1.82) is 0 Å². The lowest BCUT2D eigenvalue weighted by Crippen LogP contribution is -2.44. The van der Waals surface area contributed by atoms with Gasteiger partial charge >= 0.3 is 0 Å². The molecule has 2 amide bonds. The van der Waals surface area contributed by atoms with Crippen molar-refractivity contribution in [3.05, 3.63) is 71.3 Å². The van der Waals surface area contributed by atoms with E-state index in [4.69, 9.17) is 5.73 Å². The molecule has 0 spiro atoms. The summed E-state index contributed by atoms with van der Waals surface area (Å²) >= 11 is 0. The van der Waals surface area contributed by atoms with Gasteiger partial charge in [0.2, 0.25) is 5.91 Å². The molecule has 24 heavy (non-hydrogen) atoms. The smallest absolute Gasteiger partial charge is 0.254 e. The number of carbonyl (C=O) groups excluding carboxylic acids is 2. The largest absolute Gasteiger partial charge is 0.366 e. The maximum atomic E-state index is 12.9. The fourth-order valence-corrected chi connectivity index (χ4v) is 3.31. The van der Waals surface area contributed by atoms with Crippen LogP contribution < -0.4 is 5.73 Å². The van der Waals surface area contributed by atoms with E-state index in [1.807, 2.05) is 23.1 Å². The Kier molecular flexibility index (Phi) is 4.94. The fourth-order valence-electron chi connectivity index (χ4n) is 3.31. The van der Waals surface area contributed by atoms with Crippen molar-refractivity contribution in [1.82, 2.24) is 4.90 Å². The SMILES string of the molecule is NC(=O)c1ccc(C(=O)N2CCCCC2Cc2ccccc2)cc1. The highest BCUT2D eigenvalue weighted by molar-refractivity contribution is 5.97. The number of primary amides is 1. The third-order valence-electron chi connectivity index (χ3n) is 4.62. The Labute approximate surface area is 142 Å². The molecule has 4 nitrogen and oxygen atoms in total. The predicted octanol–water partition coefficient (Wildman–Crippen LogP) is 3.02. The van der Waals surface area contributed by atoms with E-state index in [2.05, 4.69) is 12.1 Å². The fraction of sp³-hybridized carbons (Fsp3) is 0.300. The molecule has 2 aromatic rings. The molecule has 0 radical (unpaired) electrons. The highest BCUT2D eigenvalue weighted by Crippen LogP contribution is 2.23. The highest BCUT2D eigenvalue weighted by atomic mass is 16.2. The molecule has 0 saturated carbocycles. The van der Waals surface area contributed by atoms with Gasteiger partial charge in [-0.25, -0.2) is 0 Å². The molecule has 0 aliphatic carbocycles. The van der Waals surface area contributed by atoms with Gasteiger partial charge < -0.3 is 10.6 Å². The van der Waals surface area contributed by atoms with Crippen molar-refractivity contribution < 1.29 is 9.59 Å². The first-order chi connectivity index (χ1) is 11.6. The van der Waals surface area contributed by atoms with Crippen LogP contribution in [0.15, 0.2) is 54.6 Å². The van der Waals surface area contributed by atoms with E-state index in [1.54, 1.807) is 24.3 Å². The summed E-state index contributed by atoms with van der Waals surface area (Å²) < 4.78 is 0. The monoisotopic (exact) mass is 322 g/mol. The first kappa shape index (κ1) is 16.2. The first-order valence-corrected chi connectivity index (χ1v) is 8.40. The number of rotatable bonds is 4. The number of hydrogen-bond donors (Lipinski definition) is 1. The summed E-state index contributed by atoms with van der Waals surface area (Å²) in [6.45, 7) is 0.786. The van der Waals surface area contributed by atoms with Crippen molar-refractivity contribution in [2.75, 3.05) is 6.54 Å². The van der Waals surface area contributed by atoms with Crippen LogP contribution in [0.2, 0.25) is 0 Å². The van der Waals surface area contributed by atoms with Gasteiger partial charge in [0, 0.05) is 23.7 Å². The minimum Gasteiger partial charge on any atom is -0.366 e. The standard InChI is InChI=1S/C20H22N2O2/c21-19(23)16-9-11-17(12-10-16)20(24)22-13-5-4-8-18(22)14-15-6-2-1-3-7-15/h1-3,6-7,9-12,18H,4-5,8,13-14H2,(H2,21,23). The van der Waals surface area contributed by atoms with Crippen LogP contribution in [0.5, 0.6) is 0 Å². The average molecular weight is 322 g/mol. The normalized spacial score (nSPS) is 17.5. The molecule has 1 aliphatic rings. The summed E-state index contributed by atoms with van der Waals surface area (Å²) in [6.07, 6.45) is 4.10. The zero-order valence-corrected chi connectivity index (χ0v) is 13.7. The summed E-state index contributed by atoms with van der Waals surface area (Å²) in [5.41, 5.74) is 7.55. The molecule has 2 aromatic carbocycles. The Balaban J connectivity index is 1.76. The minimum atomic E-state index is -0.478. The van der Waals surface area contributed by atoms with Crippen LogP contribution in [0.1, 0.15) is 45.5 Å². The first-order valence-electron chi connectivity index (χ1n) is 8.40. The van der Waals surface area contributed by atoms with E-state index in [1.165, 1.54) is 5.56 Å². The molecule has 4 heteroatoms. The van der Waals surface area contributed by atoms with E-state index in [9.17, 15) is 9.59 Å². The van der Waals surface area contributed by atoms with Gasteiger partial charge in [-0.1, -0.05) is 30.3 Å². The van der Waals surface area contributed by atoms with Crippen LogP contribution in [-0.4, -0.2) is 29.3 Å². The van der Waals surface area contributed by atoms with Crippen molar-refractivity contribution in [2.24, 2.45) is 5.73 Å². The second-order valence-electron chi connectivity index (χ2n) is 6.28. The molecule has 1 aliphatic heterocycles. The van der Waals surface area contributed by atoms with Gasteiger partial charge in [-0.2, -0.15) is 0 Å². The molecule has 3 rings (SSSR count). The number of nitrogens with zero attached hydrogens (tertiary/aromatic N) is 1. The Bertz CT molecular complexity index is 710. The van der Waals surface area contributed by atoms with Crippen molar-refractivity contribution >= 4 is 11.8 Å². The second kappa shape index (κ2) is 7.30. The molecule has 1 heterocycles. The topological polar surface area (TPSA) is 63.4 Å².